The van der Waals surface area contributed by atoms with Crippen molar-refractivity contribution >= 4 is 0 Å². The van der Waals surface area contributed by atoms with Gasteiger partial charge in [-0.15, -0.1) is 0 Å². The maximum absolute atomic E-state index is 9.48. The standard InChI is InChI=1S/C9H17NO2/c1-9(11)6-10(7-9)5-8-3-2-4-12-8/h8,11H,2-7H2,1H3. The summed E-state index contributed by atoms with van der Waals surface area (Å²) in [5, 5.41) is 9.48. The van der Waals surface area contributed by atoms with Gasteiger partial charge < -0.3 is 9.84 Å². The zero-order valence-electron chi connectivity index (χ0n) is 7.62. The molecule has 0 bridgehead atoms. The Bertz CT molecular complexity index is 156. The van der Waals surface area contributed by atoms with E-state index in [0.29, 0.717) is 6.10 Å². The molecule has 2 aliphatic rings. The molecule has 2 heterocycles. The van der Waals surface area contributed by atoms with E-state index in [0.717, 1.165) is 26.2 Å². The van der Waals surface area contributed by atoms with Crippen molar-refractivity contribution in [3.05, 3.63) is 0 Å². The van der Waals surface area contributed by atoms with E-state index in [1.165, 1.54) is 12.8 Å². The summed E-state index contributed by atoms with van der Waals surface area (Å²) >= 11 is 0. The predicted octanol–water partition coefficient (Wildman–Crippen LogP) is 0.232. The average molecular weight is 171 g/mol. The number of β-amino-alcohol motifs (C(OH)–C–C–N with tert-alkyl or cyclic N) is 1. The second-order valence-electron chi connectivity index (χ2n) is 4.30. The summed E-state index contributed by atoms with van der Waals surface area (Å²) in [6.07, 6.45) is 2.83. The first-order valence-corrected chi connectivity index (χ1v) is 4.72. The predicted molar refractivity (Wildman–Crippen MR) is 46.0 cm³/mol. The molecule has 2 rings (SSSR count). The van der Waals surface area contributed by atoms with Crippen LogP contribution in [0.3, 0.4) is 0 Å². The van der Waals surface area contributed by atoms with Gasteiger partial charge in [0, 0.05) is 26.2 Å². The van der Waals surface area contributed by atoms with E-state index in [1.54, 1.807) is 0 Å². The topological polar surface area (TPSA) is 32.7 Å². The van der Waals surface area contributed by atoms with Crippen LogP contribution < -0.4 is 0 Å². The first kappa shape index (κ1) is 8.48. The minimum Gasteiger partial charge on any atom is -0.388 e. The molecule has 0 amide bonds. The van der Waals surface area contributed by atoms with Crippen LogP contribution >= 0.6 is 0 Å². The Hall–Kier alpha value is -0.120. The molecule has 2 fully saturated rings. The fourth-order valence-corrected chi connectivity index (χ4v) is 2.12. The maximum atomic E-state index is 9.48. The molecule has 12 heavy (non-hydrogen) atoms. The summed E-state index contributed by atoms with van der Waals surface area (Å²) < 4.78 is 5.50. The van der Waals surface area contributed by atoms with Gasteiger partial charge in [-0.3, -0.25) is 4.90 Å². The van der Waals surface area contributed by atoms with Crippen LogP contribution in [0.5, 0.6) is 0 Å². The molecular formula is C9H17NO2. The van der Waals surface area contributed by atoms with Gasteiger partial charge in [-0.05, 0) is 19.8 Å². The van der Waals surface area contributed by atoms with Gasteiger partial charge in [-0.2, -0.15) is 0 Å². The van der Waals surface area contributed by atoms with Crippen LogP contribution in [0.25, 0.3) is 0 Å². The zero-order chi connectivity index (χ0) is 8.60. The quantitative estimate of drug-likeness (QED) is 0.645. The lowest BCUT2D eigenvalue weighted by Crippen LogP contribution is -2.61. The molecule has 1 atom stereocenters. The SMILES string of the molecule is CC1(O)CN(CC2CCCO2)C1. The first-order valence-electron chi connectivity index (χ1n) is 4.72. The molecule has 1 N–H and O–H groups in total. The first-order chi connectivity index (χ1) is 5.66. The van der Waals surface area contributed by atoms with E-state index in [1.807, 2.05) is 6.92 Å². The van der Waals surface area contributed by atoms with Gasteiger partial charge >= 0.3 is 0 Å². The van der Waals surface area contributed by atoms with Gasteiger partial charge in [-0.1, -0.05) is 0 Å². The van der Waals surface area contributed by atoms with Crippen molar-refractivity contribution in [3.63, 3.8) is 0 Å². The summed E-state index contributed by atoms with van der Waals surface area (Å²) in [6.45, 7) is 5.45. The number of nitrogens with zero attached hydrogens (tertiary/aromatic N) is 1. The number of hydrogen-bond donors (Lipinski definition) is 1. The minimum absolute atomic E-state index is 0.432. The van der Waals surface area contributed by atoms with Crippen LogP contribution in [0, 0.1) is 0 Å². The number of ether oxygens (including phenoxy) is 1. The molecule has 2 aliphatic heterocycles. The van der Waals surface area contributed by atoms with Crippen molar-refractivity contribution in [2.75, 3.05) is 26.2 Å². The number of aliphatic hydroxyl groups is 1. The van der Waals surface area contributed by atoms with Gasteiger partial charge in [-0.25, -0.2) is 0 Å². The summed E-state index contributed by atoms with van der Waals surface area (Å²) in [5.41, 5.74) is -0.432. The van der Waals surface area contributed by atoms with E-state index in [9.17, 15) is 5.11 Å². The molecule has 0 aromatic heterocycles. The van der Waals surface area contributed by atoms with E-state index in [4.69, 9.17) is 4.74 Å². The van der Waals surface area contributed by atoms with Crippen molar-refractivity contribution in [2.24, 2.45) is 0 Å². The highest BCUT2D eigenvalue weighted by atomic mass is 16.5. The van der Waals surface area contributed by atoms with E-state index in [2.05, 4.69) is 4.90 Å². The van der Waals surface area contributed by atoms with Crippen LogP contribution in [-0.4, -0.2) is 48.0 Å². The van der Waals surface area contributed by atoms with Crippen LogP contribution in [0.4, 0.5) is 0 Å². The van der Waals surface area contributed by atoms with Crippen molar-refractivity contribution in [2.45, 2.75) is 31.5 Å². The van der Waals surface area contributed by atoms with Crippen LogP contribution in [0.15, 0.2) is 0 Å². The van der Waals surface area contributed by atoms with Gasteiger partial charge in [0.05, 0.1) is 11.7 Å². The molecule has 70 valence electrons. The Morgan fingerprint density at radius 1 is 1.58 bits per heavy atom. The molecule has 3 nitrogen and oxygen atoms in total. The molecule has 0 spiro atoms. The second kappa shape index (κ2) is 2.98. The average Bonchev–Trinajstić information content (AvgIpc) is 2.35. The smallest absolute Gasteiger partial charge is 0.0872 e. The summed E-state index contributed by atoms with van der Waals surface area (Å²) in [4.78, 5) is 2.26. The normalized spacial score (nSPS) is 35.0. The summed E-state index contributed by atoms with van der Waals surface area (Å²) in [7, 11) is 0. The highest BCUT2D eigenvalue weighted by Crippen LogP contribution is 2.22. The molecule has 2 saturated heterocycles. The Labute approximate surface area is 73.3 Å². The Balaban J connectivity index is 1.69. The lowest BCUT2D eigenvalue weighted by atomic mass is 9.96. The summed E-state index contributed by atoms with van der Waals surface area (Å²) in [5.74, 6) is 0. The molecule has 1 unspecified atom stereocenters. The van der Waals surface area contributed by atoms with Gasteiger partial charge in [0.25, 0.3) is 0 Å². The molecule has 0 aromatic rings. The lowest BCUT2D eigenvalue weighted by molar-refractivity contribution is -0.0966. The second-order valence-corrected chi connectivity index (χ2v) is 4.30. The van der Waals surface area contributed by atoms with Crippen LogP contribution in [0.2, 0.25) is 0 Å². The van der Waals surface area contributed by atoms with Gasteiger partial charge in [0.2, 0.25) is 0 Å². The van der Waals surface area contributed by atoms with Crippen molar-refractivity contribution in [1.82, 2.24) is 4.90 Å². The van der Waals surface area contributed by atoms with E-state index >= 15 is 0 Å². The van der Waals surface area contributed by atoms with Crippen molar-refractivity contribution < 1.29 is 9.84 Å². The molecule has 3 heteroatoms. The van der Waals surface area contributed by atoms with Crippen molar-refractivity contribution in [3.8, 4) is 0 Å². The maximum Gasteiger partial charge on any atom is 0.0872 e. The Morgan fingerprint density at radius 2 is 2.33 bits per heavy atom. The molecule has 0 aromatic carbocycles. The third-order valence-corrected chi connectivity index (χ3v) is 2.61. The third-order valence-electron chi connectivity index (χ3n) is 2.61. The largest absolute Gasteiger partial charge is 0.388 e. The lowest BCUT2D eigenvalue weighted by Gasteiger charge is -2.45. The molecule has 0 aliphatic carbocycles. The third kappa shape index (κ3) is 1.79. The zero-order valence-corrected chi connectivity index (χ0v) is 7.62. The number of likely N-dealkylation sites (tertiary alicyclic amines) is 1. The Kier molecular flexibility index (Phi) is 2.10. The highest BCUT2D eigenvalue weighted by Gasteiger charge is 2.37. The highest BCUT2D eigenvalue weighted by molar-refractivity contribution is 4.92. The van der Waals surface area contributed by atoms with Crippen molar-refractivity contribution in [1.29, 1.82) is 0 Å². The number of hydrogen-bond acceptors (Lipinski definition) is 3. The van der Waals surface area contributed by atoms with E-state index in [-0.39, 0.29) is 0 Å². The Morgan fingerprint density at radius 3 is 2.83 bits per heavy atom. The fraction of sp³-hybridized carbons (Fsp3) is 1.00. The van der Waals surface area contributed by atoms with Crippen LogP contribution in [0.1, 0.15) is 19.8 Å². The summed E-state index contributed by atoms with van der Waals surface area (Å²) in [6, 6.07) is 0. The van der Waals surface area contributed by atoms with E-state index < -0.39 is 5.60 Å². The van der Waals surface area contributed by atoms with Gasteiger partial charge in [0.1, 0.15) is 0 Å². The molecule has 0 saturated carbocycles. The molecule has 0 radical (unpaired) electrons. The monoisotopic (exact) mass is 171 g/mol. The van der Waals surface area contributed by atoms with Crippen LogP contribution in [-0.2, 0) is 4.74 Å². The van der Waals surface area contributed by atoms with Gasteiger partial charge in [0.15, 0.2) is 0 Å². The fourth-order valence-electron chi connectivity index (χ4n) is 2.12. The molecular weight excluding hydrogens is 154 g/mol. The number of rotatable bonds is 2. The minimum atomic E-state index is -0.432.